The van der Waals surface area contributed by atoms with Crippen molar-refractivity contribution in [3.63, 3.8) is 0 Å². The fraction of sp³-hybridized carbons (Fsp3) is 0.455. The zero-order chi connectivity index (χ0) is 10.3. The van der Waals surface area contributed by atoms with Gasteiger partial charge in [0.2, 0.25) is 0 Å². The van der Waals surface area contributed by atoms with Crippen LogP contribution in [-0.2, 0) is 19.8 Å². The van der Waals surface area contributed by atoms with E-state index in [2.05, 4.69) is 18.7 Å². The maximum atomic E-state index is 9.36. The largest absolute Gasteiger partial charge is 1.00 e. The van der Waals surface area contributed by atoms with Gasteiger partial charge < -0.3 is 5.11 Å². The van der Waals surface area contributed by atoms with Gasteiger partial charge in [0, 0.05) is 0 Å². The summed E-state index contributed by atoms with van der Waals surface area (Å²) in [5.74, 6) is 0. The molecule has 0 saturated carbocycles. The van der Waals surface area contributed by atoms with E-state index in [-0.39, 0.29) is 25.9 Å². The summed E-state index contributed by atoms with van der Waals surface area (Å²) in [6, 6.07) is 8.42. The molecule has 1 atom stereocenters. The Morgan fingerprint density at radius 2 is 2.00 bits per heavy atom. The molecule has 0 aliphatic carbocycles. The smallest absolute Gasteiger partial charge is 0.391 e. The van der Waals surface area contributed by atoms with E-state index in [9.17, 15) is 5.11 Å². The van der Waals surface area contributed by atoms with Gasteiger partial charge in [0.1, 0.15) is 0 Å². The van der Waals surface area contributed by atoms with Crippen LogP contribution in [0.5, 0.6) is 0 Å². The van der Waals surface area contributed by atoms with E-state index < -0.39 is 0 Å². The van der Waals surface area contributed by atoms with Gasteiger partial charge in [-0.2, -0.15) is 24.3 Å². The summed E-state index contributed by atoms with van der Waals surface area (Å²) in [4.78, 5) is 0.872. The minimum absolute atomic E-state index is 0. The molecule has 0 aliphatic heterocycles. The van der Waals surface area contributed by atoms with Crippen molar-refractivity contribution in [3.05, 3.63) is 29.8 Å². The second-order valence-corrected chi connectivity index (χ2v) is 2.94. The van der Waals surface area contributed by atoms with Crippen molar-refractivity contribution in [2.24, 2.45) is 0 Å². The standard InChI is InChI=1S/C9H11OS.C2H6.Os/c1-2-9(10)7-3-5-8(11)6-4-7;1-2;/h3,5-6,9-11H,2H2,1H3;1-2H3;/q-1;;+1. The predicted molar refractivity (Wildman–Crippen MR) is 59.1 cm³/mol. The summed E-state index contributed by atoms with van der Waals surface area (Å²) >= 11 is 4.12. The van der Waals surface area contributed by atoms with Crippen molar-refractivity contribution < 1.29 is 24.9 Å². The molecule has 1 rings (SSSR count). The first-order chi connectivity index (χ1) is 6.24. The minimum atomic E-state index is -0.385. The van der Waals surface area contributed by atoms with E-state index in [0.717, 1.165) is 16.9 Å². The number of thiol groups is 1. The average molecular weight is 388 g/mol. The van der Waals surface area contributed by atoms with Crippen LogP contribution in [-0.4, -0.2) is 5.11 Å². The Hall–Kier alpha value is 0.166. The molecule has 1 aromatic rings. The van der Waals surface area contributed by atoms with Gasteiger partial charge in [-0.05, 0) is 6.42 Å². The molecular weight excluding hydrogens is 370 g/mol. The third-order valence-electron chi connectivity index (χ3n) is 1.57. The van der Waals surface area contributed by atoms with E-state index in [1.165, 1.54) is 0 Å². The number of hydrogen-bond donors (Lipinski definition) is 2. The van der Waals surface area contributed by atoms with Crippen molar-refractivity contribution in [2.45, 2.75) is 38.2 Å². The summed E-state index contributed by atoms with van der Waals surface area (Å²) in [7, 11) is 0. The van der Waals surface area contributed by atoms with Gasteiger partial charge in [-0.3, -0.25) is 0 Å². The quantitative estimate of drug-likeness (QED) is 0.590. The van der Waals surface area contributed by atoms with Crippen molar-refractivity contribution >= 4 is 12.6 Å². The van der Waals surface area contributed by atoms with E-state index in [0.29, 0.717) is 0 Å². The summed E-state index contributed by atoms with van der Waals surface area (Å²) in [6.45, 7) is 5.94. The molecule has 3 heteroatoms. The van der Waals surface area contributed by atoms with Crippen LogP contribution in [0.4, 0.5) is 0 Å². The first-order valence-electron chi connectivity index (χ1n) is 4.62. The van der Waals surface area contributed by atoms with Crippen molar-refractivity contribution in [1.29, 1.82) is 0 Å². The number of benzene rings is 1. The van der Waals surface area contributed by atoms with E-state index in [1.54, 1.807) is 6.07 Å². The molecule has 0 amide bonds. The molecule has 14 heavy (non-hydrogen) atoms. The van der Waals surface area contributed by atoms with Crippen LogP contribution >= 0.6 is 12.6 Å². The normalized spacial score (nSPS) is 10.6. The number of aliphatic hydroxyl groups is 1. The maximum absolute atomic E-state index is 9.36. The van der Waals surface area contributed by atoms with E-state index in [1.807, 2.05) is 32.9 Å². The van der Waals surface area contributed by atoms with E-state index >= 15 is 0 Å². The summed E-state index contributed by atoms with van der Waals surface area (Å²) in [5, 5.41) is 9.36. The van der Waals surface area contributed by atoms with Crippen LogP contribution in [0.3, 0.4) is 0 Å². The molecule has 1 nitrogen and oxygen atoms in total. The topological polar surface area (TPSA) is 20.2 Å². The molecule has 0 heterocycles. The molecule has 1 unspecified atom stereocenters. The Morgan fingerprint density at radius 3 is 2.36 bits per heavy atom. The van der Waals surface area contributed by atoms with Crippen molar-refractivity contribution in [1.82, 2.24) is 0 Å². The first kappa shape index (κ1) is 16.6. The van der Waals surface area contributed by atoms with Crippen LogP contribution in [0.2, 0.25) is 0 Å². The molecule has 0 saturated heterocycles. The third-order valence-corrected chi connectivity index (χ3v) is 1.84. The Morgan fingerprint density at radius 1 is 1.43 bits per heavy atom. The second-order valence-electron chi connectivity index (χ2n) is 2.43. The van der Waals surface area contributed by atoms with Gasteiger partial charge in [-0.1, -0.05) is 20.8 Å². The molecule has 1 N–H and O–H groups in total. The third kappa shape index (κ3) is 5.80. The number of rotatable bonds is 2. The summed E-state index contributed by atoms with van der Waals surface area (Å²) in [5.41, 5.74) is 0.838. The van der Waals surface area contributed by atoms with Gasteiger partial charge in [-0.25, -0.2) is 12.6 Å². The zero-order valence-electron chi connectivity index (χ0n) is 8.76. The molecule has 81 valence electrons. The number of hydrogen-bond acceptors (Lipinski definition) is 2. The summed E-state index contributed by atoms with van der Waals surface area (Å²) < 4.78 is 0. The van der Waals surface area contributed by atoms with E-state index in [4.69, 9.17) is 0 Å². The molecule has 0 fully saturated rings. The Labute approximate surface area is 105 Å². The molecule has 1 radical (unpaired) electrons. The molecule has 1 aromatic carbocycles. The summed E-state index contributed by atoms with van der Waals surface area (Å²) in [6.07, 6.45) is 0.339. The number of aliphatic hydroxyl groups excluding tert-OH is 1. The molecule has 0 spiro atoms. The fourth-order valence-electron chi connectivity index (χ4n) is 0.856. The van der Waals surface area contributed by atoms with Crippen LogP contribution in [0.25, 0.3) is 0 Å². The minimum Gasteiger partial charge on any atom is -0.391 e. The van der Waals surface area contributed by atoms with Crippen molar-refractivity contribution in [2.75, 3.05) is 0 Å². The molecule has 0 aliphatic rings. The van der Waals surface area contributed by atoms with Crippen LogP contribution in [0.1, 0.15) is 38.9 Å². The Balaban J connectivity index is 0. The van der Waals surface area contributed by atoms with Gasteiger partial charge in [0.05, 0.1) is 6.10 Å². The van der Waals surface area contributed by atoms with Crippen LogP contribution < -0.4 is 0 Å². The maximum Gasteiger partial charge on any atom is 1.00 e. The monoisotopic (exact) mass is 389 g/mol. The van der Waals surface area contributed by atoms with Crippen LogP contribution in [0.15, 0.2) is 23.1 Å². The molecular formula is C11H17OOsS. The first-order valence-corrected chi connectivity index (χ1v) is 5.07. The van der Waals surface area contributed by atoms with Gasteiger partial charge in [0.25, 0.3) is 0 Å². The van der Waals surface area contributed by atoms with Crippen LogP contribution in [0, 0.1) is 6.07 Å². The Bertz CT molecular complexity index is 223. The average Bonchev–Trinajstić information content (AvgIpc) is 2.21. The molecule has 0 bridgehead atoms. The molecule has 0 aromatic heterocycles. The Kier molecular flexibility index (Phi) is 11.5. The van der Waals surface area contributed by atoms with Crippen molar-refractivity contribution in [3.8, 4) is 0 Å². The zero-order valence-corrected chi connectivity index (χ0v) is 12.2. The SMILES string of the molecule is CC.CCC(O)c1[c-]cc(S)cc1.[Os+]. The second kappa shape index (κ2) is 9.71. The van der Waals surface area contributed by atoms with Gasteiger partial charge in [-0.15, -0.1) is 10.5 Å². The predicted octanol–water partition coefficient (Wildman–Crippen LogP) is 3.24. The van der Waals surface area contributed by atoms with Gasteiger partial charge in [0.15, 0.2) is 0 Å². The van der Waals surface area contributed by atoms with Gasteiger partial charge >= 0.3 is 19.8 Å². The fourth-order valence-corrected chi connectivity index (χ4v) is 0.995.